The summed E-state index contributed by atoms with van der Waals surface area (Å²) in [7, 11) is 0. The number of hydrogen-bond acceptors (Lipinski definition) is 2. The van der Waals surface area contributed by atoms with Crippen molar-refractivity contribution in [1.82, 2.24) is 4.90 Å². The van der Waals surface area contributed by atoms with E-state index in [1.165, 1.54) is 38.5 Å². The average molecular weight is 194 g/mol. The second-order valence-electron chi connectivity index (χ2n) is 4.27. The Morgan fingerprint density at radius 1 is 1.21 bits per heavy atom. The van der Waals surface area contributed by atoms with Crippen LogP contribution in [0.3, 0.4) is 0 Å². The molecule has 2 nitrogen and oxygen atoms in total. The van der Waals surface area contributed by atoms with Gasteiger partial charge in [0.1, 0.15) is 0 Å². The maximum atomic E-state index is 8.77. The van der Waals surface area contributed by atoms with E-state index < -0.39 is 0 Å². The van der Waals surface area contributed by atoms with Gasteiger partial charge in [0, 0.05) is 6.04 Å². The Bertz CT molecular complexity index is 175. The average Bonchev–Trinajstić information content (AvgIpc) is 2.45. The predicted octanol–water partition coefficient (Wildman–Crippen LogP) is 2.94. The van der Waals surface area contributed by atoms with Gasteiger partial charge in [-0.15, -0.1) is 0 Å². The minimum absolute atomic E-state index is 0.624. The molecule has 1 aliphatic carbocycles. The zero-order valence-corrected chi connectivity index (χ0v) is 9.34. The summed E-state index contributed by atoms with van der Waals surface area (Å²) in [6.07, 6.45) is 9.28. The molecule has 0 aromatic rings. The van der Waals surface area contributed by atoms with E-state index >= 15 is 0 Å². The van der Waals surface area contributed by atoms with Crippen LogP contribution in [0.1, 0.15) is 51.9 Å². The summed E-state index contributed by atoms with van der Waals surface area (Å²) < 4.78 is 0. The van der Waals surface area contributed by atoms with Crippen molar-refractivity contribution in [2.45, 2.75) is 57.9 Å². The predicted molar refractivity (Wildman–Crippen MR) is 59.0 cm³/mol. The van der Waals surface area contributed by atoms with Crippen LogP contribution in [0.2, 0.25) is 0 Å². The minimum Gasteiger partial charge on any atom is -0.288 e. The topological polar surface area (TPSA) is 27.0 Å². The molecule has 0 atom stereocenters. The first-order chi connectivity index (χ1) is 6.88. The molecule has 0 bridgehead atoms. The first kappa shape index (κ1) is 11.5. The van der Waals surface area contributed by atoms with Crippen LogP contribution in [-0.4, -0.2) is 24.0 Å². The van der Waals surface area contributed by atoms with Crippen molar-refractivity contribution in [2.75, 3.05) is 13.1 Å². The molecule has 0 spiro atoms. The van der Waals surface area contributed by atoms with E-state index in [2.05, 4.69) is 17.9 Å². The minimum atomic E-state index is 0.624. The lowest BCUT2D eigenvalue weighted by atomic mass is 10.1. The molecule has 0 aromatic heterocycles. The van der Waals surface area contributed by atoms with Crippen LogP contribution in [0.15, 0.2) is 0 Å². The normalized spacial score (nSPS) is 19.2. The molecule has 2 heteroatoms. The molecule has 1 fully saturated rings. The molecule has 0 radical (unpaired) electrons. The second kappa shape index (κ2) is 6.84. The van der Waals surface area contributed by atoms with Gasteiger partial charge in [0.05, 0.1) is 12.6 Å². The van der Waals surface area contributed by atoms with Gasteiger partial charge in [-0.3, -0.25) is 4.90 Å². The molecular formula is C12H22N2. The fraction of sp³-hybridized carbons (Fsp3) is 0.917. The quantitative estimate of drug-likeness (QED) is 0.508. The fourth-order valence-electron chi connectivity index (χ4n) is 2.39. The van der Waals surface area contributed by atoms with Crippen molar-refractivity contribution in [3.05, 3.63) is 0 Å². The maximum absolute atomic E-state index is 8.77. The smallest absolute Gasteiger partial charge is 0.0868 e. The van der Waals surface area contributed by atoms with Crippen molar-refractivity contribution >= 4 is 0 Å². The molecule has 1 aliphatic rings. The Morgan fingerprint density at radius 2 is 1.86 bits per heavy atom. The van der Waals surface area contributed by atoms with Gasteiger partial charge in [-0.1, -0.05) is 32.6 Å². The monoisotopic (exact) mass is 194 g/mol. The van der Waals surface area contributed by atoms with Crippen LogP contribution < -0.4 is 0 Å². The molecule has 0 heterocycles. The van der Waals surface area contributed by atoms with Gasteiger partial charge in [0.15, 0.2) is 0 Å². The first-order valence-corrected chi connectivity index (χ1v) is 5.99. The molecular weight excluding hydrogens is 172 g/mol. The first-order valence-electron chi connectivity index (χ1n) is 5.99. The van der Waals surface area contributed by atoms with Gasteiger partial charge in [0.2, 0.25) is 0 Å². The fourth-order valence-corrected chi connectivity index (χ4v) is 2.39. The summed E-state index contributed by atoms with van der Waals surface area (Å²) in [5.74, 6) is 0. The highest BCUT2D eigenvalue weighted by Gasteiger charge is 2.18. The van der Waals surface area contributed by atoms with Crippen LogP contribution in [0.4, 0.5) is 0 Å². The standard InChI is InChI=1S/C12H22N2/c1-2-10-14(11-9-13)12-7-5-3-4-6-8-12/h12H,2-8,10-11H2,1H3. The van der Waals surface area contributed by atoms with Crippen molar-refractivity contribution in [3.8, 4) is 6.07 Å². The zero-order chi connectivity index (χ0) is 10.2. The van der Waals surface area contributed by atoms with Crippen molar-refractivity contribution in [2.24, 2.45) is 0 Å². The summed E-state index contributed by atoms with van der Waals surface area (Å²) in [5.41, 5.74) is 0. The third-order valence-corrected chi connectivity index (χ3v) is 3.13. The van der Waals surface area contributed by atoms with Crippen LogP contribution >= 0.6 is 0 Å². The van der Waals surface area contributed by atoms with E-state index in [4.69, 9.17) is 5.26 Å². The molecule has 1 saturated carbocycles. The van der Waals surface area contributed by atoms with E-state index in [0.717, 1.165) is 13.0 Å². The Labute approximate surface area is 87.9 Å². The molecule has 1 rings (SSSR count). The number of nitriles is 1. The van der Waals surface area contributed by atoms with Gasteiger partial charge in [-0.05, 0) is 25.8 Å². The Kier molecular flexibility index (Phi) is 5.63. The summed E-state index contributed by atoms with van der Waals surface area (Å²) in [5, 5.41) is 8.77. The van der Waals surface area contributed by atoms with Crippen LogP contribution in [0.5, 0.6) is 0 Å². The van der Waals surface area contributed by atoms with E-state index in [9.17, 15) is 0 Å². The van der Waals surface area contributed by atoms with E-state index in [1.807, 2.05) is 0 Å². The van der Waals surface area contributed by atoms with Crippen LogP contribution in [0.25, 0.3) is 0 Å². The van der Waals surface area contributed by atoms with Crippen molar-refractivity contribution < 1.29 is 0 Å². The van der Waals surface area contributed by atoms with E-state index in [0.29, 0.717) is 12.6 Å². The zero-order valence-electron chi connectivity index (χ0n) is 9.34. The molecule has 0 aliphatic heterocycles. The lowest BCUT2D eigenvalue weighted by Crippen LogP contribution is -2.35. The van der Waals surface area contributed by atoms with Crippen LogP contribution in [-0.2, 0) is 0 Å². The Balaban J connectivity index is 2.43. The second-order valence-corrected chi connectivity index (χ2v) is 4.27. The van der Waals surface area contributed by atoms with Gasteiger partial charge in [-0.25, -0.2) is 0 Å². The summed E-state index contributed by atoms with van der Waals surface area (Å²) in [6, 6.07) is 2.99. The van der Waals surface area contributed by atoms with Gasteiger partial charge >= 0.3 is 0 Å². The molecule has 0 amide bonds. The summed E-state index contributed by atoms with van der Waals surface area (Å²) in [6.45, 7) is 3.91. The summed E-state index contributed by atoms with van der Waals surface area (Å²) >= 11 is 0. The van der Waals surface area contributed by atoms with E-state index in [1.54, 1.807) is 0 Å². The molecule has 0 N–H and O–H groups in total. The number of rotatable bonds is 4. The molecule has 80 valence electrons. The number of hydrogen-bond donors (Lipinski definition) is 0. The maximum Gasteiger partial charge on any atom is 0.0868 e. The third-order valence-electron chi connectivity index (χ3n) is 3.13. The van der Waals surface area contributed by atoms with Gasteiger partial charge < -0.3 is 0 Å². The molecule has 0 aromatic carbocycles. The molecule has 14 heavy (non-hydrogen) atoms. The largest absolute Gasteiger partial charge is 0.288 e. The Morgan fingerprint density at radius 3 is 2.36 bits per heavy atom. The van der Waals surface area contributed by atoms with Crippen LogP contribution in [0, 0.1) is 11.3 Å². The number of nitrogens with zero attached hydrogens (tertiary/aromatic N) is 2. The SMILES string of the molecule is CCCN(CC#N)C1CCCCCC1. The highest BCUT2D eigenvalue weighted by molar-refractivity contribution is 4.82. The van der Waals surface area contributed by atoms with Gasteiger partial charge in [-0.2, -0.15) is 5.26 Å². The highest BCUT2D eigenvalue weighted by Crippen LogP contribution is 2.21. The van der Waals surface area contributed by atoms with Gasteiger partial charge in [0.25, 0.3) is 0 Å². The van der Waals surface area contributed by atoms with Crippen molar-refractivity contribution in [1.29, 1.82) is 5.26 Å². The molecule has 0 saturated heterocycles. The Hall–Kier alpha value is -0.550. The molecule has 0 unspecified atom stereocenters. The summed E-state index contributed by atoms with van der Waals surface area (Å²) in [4.78, 5) is 2.38. The highest BCUT2D eigenvalue weighted by atomic mass is 15.1. The third kappa shape index (κ3) is 3.67. The lowest BCUT2D eigenvalue weighted by Gasteiger charge is -2.28. The van der Waals surface area contributed by atoms with Crippen molar-refractivity contribution in [3.63, 3.8) is 0 Å². The van der Waals surface area contributed by atoms with E-state index in [-0.39, 0.29) is 0 Å². The lowest BCUT2D eigenvalue weighted by molar-refractivity contribution is 0.201.